The number of nitrogens with zero attached hydrogens (tertiary/aromatic N) is 2. The average Bonchev–Trinajstić information content (AvgIpc) is 3.31. The number of hydrogen-bond acceptors (Lipinski definition) is 2. The van der Waals surface area contributed by atoms with Gasteiger partial charge in [0.05, 0.1) is 16.9 Å². The van der Waals surface area contributed by atoms with Crippen LogP contribution in [0.2, 0.25) is 0 Å². The number of benzene rings is 1. The fourth-order valence-electron chi connectivity index (χ4n) is 4.20. The van der Waals surface area contributed by atoms with Crippen LogP contribution >= 0.6 is 0 Å². The van der Waals surface area contributed by atoms with Crippen LogP contribution in [0.1, 0.15) is 31.4 Å². The van der Waals surface area contributed by atoms with Crippen molar-refractivity contribution in [3.63, 3.8) is 0 Å². The summed E-state index contributed by atoms with van der Waals surface area (Å²) in [6.07, 6.45) is 5.84. The number of halogens is 1. The van der Waals surface area contributed by atoms with E-state index < -0.39 is 0 Å². The van der Waals surface area contributed by atoms with Crippen molar-refractivity contribution in [3.8, 4) is 5.69 Å². The highest BCUT2D eigenvalue weighted by Crippen LogP contribution is 2.44. The van der Waals surface area contributed by atoms with Gasteiger partial charge >= 0.3 is 0 Å². The Hall–Kier alpha value is -2.30. The molecule has 2 aromatic rings. The normalized spacial score (nSPS) is 21.1. The minimum atomic E-state index is -0.228. The van der Waals surface area contributed by atoms with Crippen molar-refractivity contribution in [2.75, 3.05) is 18.4 Å². The third-order valence-electron chi connectivity index (χ3n) is 5.69. The average molecular weight is 325 g/mol. The van der Waals surface area contributed by atoms with Crippen LogP contribution in [0.25, 0.3) is 5.69 Å². The zero-order valence-corrected chi connectivity index (χ0v) is 13.5. The summed E-state index contributed by atoms with van der Waals surface area (Å²) in [4.78, 5) is 14.3. The Labute approximate surface area is 140 Å². The Kier molecular flexibility index (Phi) is 2.84. The molecule has 0 unspecified atom stereocenters. The summed E-state index contributed by atoms with van der Waals surface area (Å²) in [5, 5.41) is 3.60. The Balaban J connectivity index is 1.48. The predicted molar refractivity (Wildman–Crippen MR) is 89.6 cm³/mol. The van der Waals surface area contributed by atoms with E-state index in [0.29, 0.717) is 5.91 Å². The quantitative estimate of drug-likeness (QED) is 0.874. The van der Waals surface area contributed by atoms with Crippen LogP contribution in [0.4, 0.5) is 10.1 Å². The Bertz CT molecular complexity index is 816. The summed E-state index contributed by atoms with van der Waals surface area (Å²) in [6, 6.07) is 9.07. The first kappa shape index (κ1) is 14.1. The molecule has 0 bridgehead atoms. The highest BCUT2D eigenvalue weighted by molar-refractivity contribution is 5.81. The van der Waals surface area contributed by atoms with Gasteiger partial charge in [-0.3, -0.25) is 4.79 Å². The number of anilines is 1. The standard InChI is InChI=1S/C19H20FN3O/c20-14-5-6-16-15(12-14)21-19(17-2-1-9-23(16)17)7-10-22(11-8-19)18(24)13-3-4-13/h1-2,5-6,9,12-13,21H,3-4,7-8,10-11H2. The molecule has 3 heterocycles. The summed E-state index contributed by atoms with van der Waals surface area (Å²) in [5.41, 5.74) is 2.81. The summed E-state index contributed by atoms with van der Waals surface area (Å²) < 4.78 is 15.9. The van der Waals surface area contributed by atoms with Crippen LogP contribution in [-0.2, 0) is 10.3 Å². The van der Waals surface area contributed by atoms with Crippen LogP contribution in [-0.4, -0.2) is 28.5 Å². The first-order chi connectivity index (χ1) is 11.7. The number of amides is 1. The largest absolute Gasteiger partial charge is 0.372 e. The van der Waals surface area contributed by atoms with E-state index in [-0.39, 0.29) is 17.3 Å². The van der Waals surface area contributed by atoms with Gasteiger partial charge in [0, 0.05) is 30.9 Å². The second kappa shape index (κ2) is 4.85. The molecule has 5 rings (SSSR count). The first-order valence-electron chi connectivity index (χ1n) is 8.71. The number of aromatic nitrogens is 1. The lowest BCUT2D eigenvalue weighted by Crippen LogP contribution is -2.51. The van der Waals surface area contributed by atoms with Crippen molar-refractivity contribution in [2.45, 2.75) is 31.2 Å². The van der Waals surface area contributed by atoms with Gasteiger partial charge in [-0.25, -0.2) is 4.39 Å². The molecule has 1 amide bonds. The third kappa shape index (κ3) is 2.00. The molecule has 1 aromatic heterocycles. The number of rotatable bonds is 1. The Morgan fingerprint density at radius 1 is 1.21 bits per heavy atom. The summed E-state index contributed by atoms with van der Waals surface area (Å²) in [7, 11) is 0. The fraction of sp³-hybridized carbons (Fsp3) is 0.421. The van der Waals surface area contributed by atoms with Gasteiger partial charge in [-0.15, -0.1) is 0 Å². The van der Waals surface area contributed by atoms with Gasteiger partial charge in [0.25, 0.3) is 0 Å². The van der Waals surface area contributed by atoms with E-state index in [9.17, 15) is 9.18 Å². The van der Waals surface area contributed by atoms with Crippen LogP contribution in [0, 0.1) is 11.7 Å². The van der Waals surface area contributed by atoms with Crippen LogP contribution in [0.3, 0.4) is 0 Å². The van der Waals surface area contributed by atoms with E-state index in [1.54, 1.807) is 6.07 Å². The summed E-state index contributed by atoms with van der Waals surface area (Å²) >= 11 is 0. The highest BCUT2D eigenvalue weighted by Gasteiger charge is 2.44. The topological polar surface area (TPSA) is 37.3 Å². The van der Waals surface area contributed by atoms with Gasteiger partial charge in [-0.1, -0.05) is 0 Å². The zero-order chi connectivity index (χ0) is 16.3. The van der Waals surface area contributed by atoms with Crippen molar-refractivity contribution in [1.29, 1.82) is 0 Å². The molecule has 1 saturated carbocycles. The summed E-state index contributed by atoms with van der Waals surface area (Å²) in [5.74, 6) is 0.368. The molecule has 1 spiro atoms. The molecule has 2 aliphatic heterocycles. The minimum absolute atomic E-state index is 0.218. The lowest BCUT2D eigenvalue weighted by Gasteiger charge is -2.46. The van der Waals surface area contributed by atoms with Gasteiger partial charge in [-0.2, -0.15) is 0 Å². The molecule has 1 N–H and O–H groups in total. The Morgan fingerprint density at radius 3 is 2.75 bits per heavy atom. The highest BCUT2D eigenvalue weighted by atomic mass is 19.1. The van der Waals surface area contributed by atoms with Crippen LogP contribution in [0.15, 0.2) is 36.5 Å². The maximum Gasteiger partial charge on any atom is 0.225 e. The van der Waals surface area contributed by atoms with E-state index in [2.05, 4.69) is 16.0 Å². The van der Waals surface area contributed by atoms with Gasteiger partial charge in [0.2, 0.25) is 5.91 Å². The van der Waals surface area contributed by atoms with Gasteiger partial charge < -0.3 is 14.8 Å². The van der Waals surface area contributed by atoms with Gasteiger partial charge in [-0.05, 0) is 56.0 Å². The van der Waals surface area contributed by atoms with Crippen molar-refractivity contribution in [3.05, 3.63) is 48.0 Å². The van der Waals surface area contributed by atoms with E-state index >= 15 is 0 Å². The molecule has 3 aliphatic rings. The predicted octanol–water partition coefficient (Wildman–Crippen LogP) is 3.27. The number of hydrogen-bond donors (Lipinski definition) is 1. The second-order valence-corrected chi connectivity index (χ2v) is 7.23. The SMILES string of the molecule is O=C(C1CC1)N1CCC2(CC1)Nc1cc(F)ccc1-n1cccc12. The molecule has 0 atom stereocenters. The van der Waals surface area contributed by atoms with Crippen molar-refractivity contribution in [1.82, 2.24) is 9.47 Å². The van der Waals surface area contributed by atoms with E-state index in [0.717, 1.165) is 50.1 Å². The molecule has 5 heteroatoms. The van der Waals surface area contributed by atoms with E-state index in [1.807, 2.05) is 23.2 Å². The van der Waals surface area contributed by atoms with Gasteiger partial charge in [0.15, 0.2) is 0 Å². The molecule has 124 valence electrons. The molecule has 2 fully saturated rings. The van der Waals surface area contributed by atoms with Crippen LogP contribution < -0.4 is 5.32 Å². The second-order valence-electron chi connectivity index (χ2n) is 7.23. The van der Waals surface area contributed by atoms with Crippen molar-refractivity contribution in [2.24, 2.45) is 5.92 Å². The minimum Gasteiger partial charge on any atom is -0.372 e. The van der Waals surface area contributed by atoms with Crippen LogP contribution in [0.5, 0.6) is 0 Å². The molecular weight excluding hydrogens is 305 g/mol. The number of nitrogens with one attached hydrogen (secondary N) is 1. The number of carbonyl (C=O) groups excluding carboxylic acids is 1. The fourth-order valence-corrected chi connectivity index (χ4v) is 4.20. The lowest BCUT2D eigenvalue weighted by molar-refractivity contribution is -0.134. The maximum absolute atomic E-state index is 13.7. The molecule has 24 heavy (non-hydrogen) atoms. The number of fused-ring (bicyclic) bond motifs is 4. The zero-order valence-electron chi connectivity index (χ0n) is 13.5. The number of likely N-dealkylation sites (tertiary alicyclic amines) is 1. The molecule has 4 nitrogen and oxygen atoms in total. The lowest BCUT2D eigenvalue weighted by atomic mass is 9.82. The molecular formula is C19H20FN3O. The van der Waals surface area contributed by atoms with Crippen molar-refractivity contribution < 1.29 is 9.18 Å². The smallest absolute Gasteiger partial charge is 0.225 e. The monoisotopic (exact) mass is 325 g/mol. The van der Waals surface area contributed by atoms with E-state index in [1.165, 1.54) is 11.8 Å². The first-order valence-corrected chi connectivity index (χ1v) is 8.71. The Morgan fingerprint density at radius 2 is 2.00 bits per heavy atom. The maximum atomic E-state index is 13.7. The molecule has 1 aliphatic carbocycles. The van der Waals surface area contributed by atoms with Gasteiger partial charge in [0.1, 0.15) is 5.82 Å². The number of carbonyl (C=O) groups is 1. The molecule has 0 radical (unpaired) electrons. The molecule has 1 saturated heterocycles. The van der Waals surface area contributed by atoms with Crippen molar-refractivity contribution >= 4 is 11.6 Å². The third-order valence-corrected chi connectivity index (χ3v) is 5.69. The number of piperidine rings is 1. The summed E-state index contributed by atoms with van der Waals surface area (Å²) in [6.45, 7) is 1.52. The molecule has 1 aromatic carbocycles. The van der Waals surface area contributed by atoms with E-state index in [4.69, 9.17) is 0 Å².